The molecule has 2 heterocycles. The van der Waals surface area contributed by atoms with Gasteiger partial charge in [0, 0.05) is 12.6 Å². The highest BCUT2D eigenvalue weighted by molar-refractivity contribution is 5.97. The van der Waals surface area contributed by atoms with Gasteiger partial charge in [0.15, 0.2) is 0 Å². The van der Waals surface area contributed by atoms with Gasteiger partial charge in [0.05, 0.1) is 11.8 Å². The first kappa shape index (κ1) is 19.5. The van der Waals surface area contributed by atoms with Crippen LogP contribution in [0.25, 0.3) is 0 Å². The second-order valence-corrected chi connectivity index (χ2v) is 7.48. The molecule has 1 aromatic heterocycles. The summed E-state index contributed by atoms with van der Waals surface area (Å²) >= 11 is 0. The van der Waals surface area contributed by atoms with E-state index in [1.54, 1.807) is 13.0 Å². The van der Waals surface area contributed by atoms with Gasteiger partial charge in [-0.2, -0.15) is 0 Å². The number of nitrogens with one attached hydrogen (secondary N) is 2. The second-order valence-electron chi connectivity index (χ2n) is 7.48. The van der Waals surface area contributed by atoms with E-state index in [4.69, 9.17) is 4.42 Å². The minimum Gasteiger partial charge on any atom is -0.472 e. The third kappa shape index (κ3) is 5.59. The van der Waals surface area contributed by atoms with Crippen molar-refractivity contribution in [3.8, 4) is 0 Å². The molecular formula is C19H31N3O3. The predicted molar refractivity (Wildman–Crippen MR) is 97.2 cm³/mol. The van der Waals surface area contributed by atoms with Gasteiger partial charge in [-0.15, -0.1) is 0 Å². The number of piperidine rings is 1. The van der Waals surface area contributed by atoms with Gasteiger partial charge >= 0.3 is 0 Å². The fourth-order valence-corrected chi connectivity index (χ4v) is 3.24. The molecule has 140 valence electrons. The van der Waals surface area contributed by atoms with Crippen LogP contribution in [-0.2, 0) is 4.79 Å². The fraction of sp³-hybridized carbons (Fsp3) is 0.684. The summed E-state index contributed by atoms with van der Waals surface area (Å²) in [7, 11) is 0. The van der Waals surface area contributed by atoms with E-state index in [0.717, 1.165) is 19.0 Å². The van der Waals surface area contributed by atoms with Crippen molar-refractivity contribution in [3.63, 3.8) is 0 Å². The molecule has 1 fully saturated rings. The van der Waals surface area contributed by atoms with Crippen LogP contribution < -0.4 is 10.6 Å². The summed E-state index contributed by atoms with van der Waals surface area (Å²) in [6.07, 6.45) is 5.24. The van der Waals surface area contributed by atoms with Crippen molar-refractivity contribution < 1.29 is 14.0 Å². The topological polar surface area (TPSA) is 74.6 Å². The van der Waals surface area contributed by atoms with Gasteiger partial charge < -0.3 is 15.1 Å². The van der Waals surface area contributed by atoms with Crippen molar-refractivity contribution in [3.05, 3.63) is 24.2 Å². The van der Waals surface area contributed by atoms with E-state index in [9.17, 15) is 9.59 Å². The van der Waals surface area contributed by atoms with Gasteiger partial charge in [-0.1, -0.05) is 20.8 Å². The molecule has 0 saturated carbocycles. The highest BCUT2D eigenvalue weighted by Crippen LogP contribution is 2.21. The molecule has 0 unspecified atom stereocenters. The standard InChI is InChI=1S/C19H31N3O3/c1-13(2)17(22-8-5-14(3)6-9-22)11-20-18(23)15(4)21-19(24)16-7-10-25-12-16/h7,10,12-15,17H,5-6,8-9,11H2,1-4H3,(H,20,23)(H,21,24)/t15-,17-/m0/s1. The molecule has 1 saturated heterocycles. The molecule has 2 amide bonds. The van der Waals surface area contributed by atoms with Crippen LogP contribution in [0.5, 0.6) is 0 Å². The Kier molecular flexibility index (Phi) is 7.05. The molecule has 0 aromatic carbocycles. The number of hydrogen-bond donors (Lipinski definition) is 2. The average Bonchev–Trinajstić information content (AvgIpc) is 3.10. The van der Waals surface area contributed by atoms with Gasteiger partial charge in [-0.05, 0) is 50.8 Å². The summed E-state index contributed by atoms with van der Waals surface area (Å²) < 4.78 is 4.89. The van der Waals surface area contributed by atoms with Crippen LogP contribution in [0.15, 0.2) is 23.0 Å². The third-order valence-electron chi connectivity index (χ3n) is 5.07. The summed E-state index contributed by atoms with van der Waals surface area (Å²) in [6.45, 7) is 11.2. The first-order chi connectivity index (χ1) is 11.9. The van der Waals surface area contributed by atoms with E-state index >= 15 is 0 Å². The van der Waals surface area contributed by atoms with Gasteiger partial charge in [-0.25, -0.2) is 0 Å². The van der Waals surface area contributed by atoms with E-state index in [2.05, 4.69) is 36.3 Å². The van der Waals surface area contributed by atoms with Crippen molar-refractivity contribution in [2.75, 3.05) is 19.6 Å². The molecule has 1 aliphatic heterocycles. The zero-order valence-electron chi connectivity index (χ0n) is 15.7. The summed E-state index contributed by atoms with van der Waals surface area (Å²) in [5, 5.41) is 5.70. The Morgan fingerprint density at radius 2 is 1.96 bits per heavy atom. The minimum absolute atomic E-state index is 0.159. The van der Waals surface area contributed by atoms with Gasteiger partial charge in [-0.3, -0.25) is 14.5 Å². The van der Waals surface area contributed by atoms with E-state index in [0.29, 0.717) is 24.1 Å². The summed E-state index contributed by atoms with van der Waals surface area (Å²) in [5.41, 5.74) is 0.419. The summed E-state index contributed by atoms with van der Waals surface area (Å²) in [6, 6.07) is 1.32. The lowest BCUT2D eigenvalue weighted by Gasteiger charge is -2.39. The average molecular weight is 349 g/mol. The Labute approximate surface area is 150 Å². The van der Waals surface area contributed by atoms with Gasteiger partial charge in [0.1, 0.15) is 12.3 Å². The first-order valence-electron chi connectivity index (χ1n) is 9.23. The number of likely N-dealkylation sites (tertiary alicyclic amines) is 1. The van der Waals surface area contributed by atoms with E-state index in [1.807, 2.05) is 0 Å². The highest BCUT2D eigenvalue weighted by atomic mass is 16.3. The quantitative estimate of drug-likeness (QED) is 0.792. The van der Waals surface area contributed by atoms with Crippen LogP contribution in [0, 0.1) is 11.8 Å². The van der Waals surface area contributed by atoms with Crippen molar-refractivity contribution in [1.29, 1.82) is 0 Å². The largest absolute Gasteiger partial charge is 0.472 e. The number of amides is 2. The lowest BCUT2D eigenvalue weighted by molar-refractivity contribution is -0.123. The molecule has 0 spiro atoms. The molecule has 0 bridgehead atoms. The molecular weight excluding hydrogens is 318 g/mol. The Morgan fingerprint density at radius 3 is 2.52 bits per heavy atom. The summed E-state index contributed by atoms with van der Waals surface area (Å²) in [4.78, 5) is 26.8. The zero-order valence-corrected chi connectivity index (χ0v) is 15.7. The number of carbonyl (C=O) groups excluding carboxylic acids is 2. The maximum Gasteiger partial charge on any atom is 0.255 e. The maximum atomic E-state index is 12.3. The second kappa shape index (κ2) is 9.04. The van der Waals surface area contributed by atoms with Crippen LogP contribution in [0.3, 0.4) is 0 Å². The third-order valence-corrected chi connectivity index (χ3v) is 5.07. The molecule has 2 N–H and O–H groups in total. The van der Waals surface area contributed by atoms with E-state index in [-0.39, 0.29) is 11.8 Å². The van der Waals surface area contributed by atoms with Crippen LogP contribution in [-0.4, -0.2) is 48.4 Å². The van der Waals surface area contributed by atoms with Crippen LogP contribution in [0.2, 0.25) is 0 Å². The smallest absolute Gasteiger partial charge is 0.255 e. The maximum absolute atomic E-state index is 12.3. The van der Waals surface area contributed by atoms with Crippen molar-refractivity contribution in [1.82, 2.24) is 15.5 Å². The SMILES string of the molecule is CC1CCN([C@@H](CNC(=O)[C@H](C)NC(=O)c2ccoc2)C(C)C)CC1. The Bertz CT molecular complexity index is 548. The molecule has 1 aromatic rings. The first-order valence-corrected chi connectivity index (χ1v) is 9.23. The fourth-order valence-electron chi connectivity index (χ4n) is 3.24. The molecule has 6 nitrogen and oxygen atoms in total. The molecule has 25 heavy (non-hydrogen) atoms. The lowest BCUT2D eigenvalue weighted by atomic mass is 9.94. The lowest BCUT2D eigenvalue weighted by Crippen LogP contribution is -2.52. The van der Waals surface area contributed by atoms with Crippen molar-refractivity contribution in [2.45, 2.75) is 52.6 Å². The zero-order chi connectivity index (χ0) is 18.4. The Hall–Kier alpha value is -1.82. The number of rotatable bonds is 7. The predicted octanol–water partition coefficient (Wildman–Crippen LogP) is 2.27. The van der Waals surface area contributed by atoms with Crippen molar-refractivity contribution in [2.24, 2.45) is 11.8 Å². The van der Waals surface area contributed by atoms with E-state index in [1.165, 1.54) is 25.4 Å². The van der Waals surface area contributed by atoms with Gasteiger partial charge in [0.2, 0.25) is 5.91 Å². The molecule has 0 aliphatic carbocycles. The number of hydrogen-bond acceptors (Lipinski definition) is 4. The summed E-state index contributed by atoms with van der Waals surface area (Å²) in [5.74, 6) is 0.788. The molecule has 6 heteroatoms. The number of furan rings is 1. The Morgan fingerprint density at radius 1 is 1.28 bits per heavy atom. The normalized spacial score (nSPS) is 18.8. The van der Waals surface area contributed by atoms with Crippen molar-refractivity contribution >= 4 is 11.8 Å². The molecule has 2 rings (SSSR count). The van der Waals surface area contributed by atoms with Crippen LogP contribution in [0.4, 0.5) is 0 Å². The minimum atomic E-state index is -0.586. The number of nitrogens with zero attached hydrogens (tertiary/aromatic N) is 1. The van der Waals surface area contributed by atoms with Crippen LogP contribution >= 0.6 is 0 Å². The molecule has 1 aliphatic rings. The van der Waals surface area contributed by atoms with E-state index < -0.39 is 6.04 Å². The Balaban J connectivity index is 1.82. The monoisotopic (exact) mass is 349 g/mol. The van der Waals surface area contributed by atoms with Crippen LogP contribution in [0.1, 0.15) is 50.9 Å². The molecule has 2 atom stereocenters. The van der Waals surface area contributed by atoms with Gasteiger partial charge in [0.25, 0.3) is 5.91 Å². The highest BCUT2D eigenvalue weighted by Gasteiger charge is 2.26. The molecule has 0 radical (unpaired) electrons. The number of carbonyl (C=O) groups is 2.